The zero-order valence-corrected chi connectivity index (χ0v) is 19.4. The molecule has 4 amide bonds. The molecule has 1 aromatic rings. The van der Waals surface area contributed by atoms with Crippen LogP contribution in [0.2, 0.25) is 0 Å². The number of rotatable bonds is 7. The molecule has 1 aliphatic rings. The van der Waals surface area contributed by atoms with Gasteiger partial charge in [0.25, 0.3) is 0 Å². The van der Waals surface area contributed by atoms with Crippen LogP contribution in [0.3, 0.4) is 0 Å². The molecule has 0 aliphatic carbocycles. The lowest BCUT2D eigenvalue weighted by atomic mass is 9.85. The Hall–Kier alpha value is -3.10. The number of nitrogens with zero attached hydrogens (tertiary/aromatic N) is 1. The van der Waals surface area contributed by atoms with Gasteiger partial charge in [-0.25, -0.2) is 4.79 Å². The summed E-state index contributed by atoms with van der Waals surface area (Å²) in [6.45, 7) is 7.36. The lowest BCUT2D eigenvalue weighted by Gasteiger charge is -2.35. The number of likely N-dealkylation sites (N-methyl/N-ethyl adjacent to an activating group) is 1. The second-order valence-electron chi connectivity index (χ2n) is 8.97. The first-order valence-corrected chi connectivity index (χ1v) is 10.9. The first-order chi connectivity index (χ1) is 15.0. The quantitative estimate of drug-likeness (QED) is 0.552. The molecule has 0 radical (unpaired) electrons. The topological polar surface area (TPSA) is 117 Å². The van der Waals surface area contributed by atoms with Crippen LogP contribution in [-0.4, -0.2) is 60.9 Å². The van der Waals surface area contributed by atoms with Crippen molar-refractivity contribution in [3.63, 3.8) is 0 Å². The molecule has 0 spiro atoms. The molecule has 0 aromatic heterocycles. The number of urea groups is 1. The lowest BCUT2D eigenvalue weighted by Crippen LogP contribution is -2.59. The van der Waals surface area contributed by atoms with Crippen molar-refractivity contribution in [3.05, 3.63) is 35.9 Å². The predicted molar refractivity (Wildman–Crippen MR) is 120 cm³/mol. The van der Waals surface area contributed by atoms with E-state index in [2.05, 4.69) is 16.0 Å². The fourth-order valence-electron chi connectivity index (χ4n) is 3.65. The van der Waals surface area contributed by atoms with Gasteiger partial charge in [0.05, 0.1) is 0 Å². The Morgan fingerprint density at radius 2 is 1.81 bits per heavy atom. The standard InChI is InChI=1S/C23H34N4O5/c1-15(16-10-7-6-8-11-16)32-18(28)14-25-22(31)26-19(23(2,3)4)21(30)27-13-9-12-17(27)20(29)24-5/h6-8,10-11,15,17,19H,9,12-14H2,1-5H3,(H,24,29)(H2,25,26,31). The van der Waals surface area contributed by atoms with Crippen LogP contribution in [-0.2, 0) is 19.1 Å². The molecule has 9 heteroatoms. The van der Waals surface area contributed by atoms with Crippen LogP contribution in [0.15, 0.2) is 30.3 Å². The van der Waals surface area contributed by atoms with Gasteiger partial charge in [0, 0.05) is 13.6 Å². The molecule has 3 unspecified atom stereocenters. The van der Waals surface area contributed by atoms with Crippen LogP contribution in [0.1, 0.15) is 52.2 Å². The number of likely N-dealkylation sites (tertiary alicyclic amines) is 1. The van der Waals surface area contributed by atoms with Crippen LogP contribution in [0, 0.1) is 5.41 Å². The molecule has 3 N–H and O–H groups in total. The second-order valence-corrected chi connectivity index (χ2v) is 8.97. The Bertz CT molecular complexity index is 821. The van der Waals surface area contributed by atoms with Crippen LogP contribution >= 0.6 is 0 Å². The van der Waals surface area contributed by atoms with E-state index in [4.69, 9.17) is 4.74 Å². The van der Waals surface area contributed by atoms with E-state index in [1.165, 1.54) is 11.9 Å². The largest absolute Gasteiger partial charge is 0.456 e. The van der Waals surface area contributed by atoms with E-state index in [0.29, 0.717) is 13.0 Å². The fourth-order valence-corrected chi connectivity index (χ4v) is 3.65. The monoisotopic (exact) mass is 446 g/mol. The van der Waals surface area contributed by atoms with Crippen LogP contribution in [0.5, 0.6) is 0 Å². The van der Waals surface area contributed by atoms with Crippen molar-refractivity contribution in [2.75, 3.05) is 20.1 Å². The fraction of sp³-hybridized carbons (Fsp3) is 0.565. The minimum Gasteiger partial charge on any atom is -0.456 e. The molecule has 9 nitrogen and oxygen atoms in total. The molecule has 2 rings (SSSR count). The Labute approximate surface area is 189 Å². The van der Waals surface area contributed by atoms with E-state index >= 15 is 0 Å². The number of amides is 4. The minimum atomic E-state index is -0.869. The summed E-state index contributed by atoms with van der Waals surface area (Å²) in [5.74, 6) is -1.13. The van der Waals surface area contributed by atoms with Crippen molar-refractivity contribution in [3.8, 4) is 0 Å². The SMILES string of the molecule is CNC(=O)C1CCCN1C(=O)C(NC(=O)NCC(=O)OC(C)c1ccccc1)C(C)(C)C. The molecular weight excluding hydrogens is 412 g/mol. The van der Waals surface area contributed by atoms with Crippen LogP contribution in [0.25, 0.3) is 0 Å². The van der Waals surface area contributed by atoms with E-state index < -0.39 is 35.6 Å². The van der Waals surface area contributed by atoms with Gasteiger partial charge in [0.15, 0.2) is 0 Å². The predicted octanol–water partition coefficient (Wildman–Crippen LogP) is 1.74. The first kappa shape index (κ1) is 25.2. The Kier molecular flexibility index (Phi) is 8.63. The van der Waals surface area contributed by atoms with Gasteiger partial charge in [-0.1, -0.05) is 51.1 Å². The molecule has 32 heavy (non-hydrogen) atoms. The van der Waals surface area contributed by atoms with Gasteiger partial charge < -0.3 is 25.6 Å². The minimum absolute atomic E-state index is 0.219. The van der Waals surface area contributed by atoms with E-state index in [9.17, 15) is 19.2 Å². The number of hydrogen-bond acceptors (Lipinski definition) is 5. The highest BCUT2D eigenvalue weighted by Gasteiger charge is 2.41. The summed E-state index contributed by atoms with van der Waals surface area (Å²) in [4.78, 5) is 51.5. The maximum atomic E-state index is 13.2. The zero-order valence-electron chi connectivity index (χ0n) is 19.4. The number of esters is 1. The number of ether oxygens (including phenoxy) is 1. The Balaban J connectivity index is 1.94. The molecule has 1 heterocycles. The highest BCUT2D eigenvalue weighted by atomic mass is 16.5. The van der Waals surface area contributed by atoms with Gasteiger partial charge in [0.1, 0.15) is 24.7 Å². The highest BCUT2D eigenvalue weighted by Crippen LogP contribution is 2.25. The summed E-state index contributed by atoms with van der Waals surface area (Å²) >= 11 is 0. The van der Waals surface area contributed by atoms with Gasteiger partial charge in [-0.3, -0.25) is 14.4 Å². The molecule has 176 valence electrons. The molecule has 1 aliphatic heterocycles. The molecule has 0 bridgehead atoms. The number of benzene rings is 1. The molecule has 3 atom stereocenters. The van der Waals surface area contributed by atoms with Crippen molar-refractivity contribution >= 4 is 23.8 Å². The maximum absolute atomic E-state index is 13.2. The normalized spacial score (nSPS) is 17.8. The summed E-state index contributed by atoms with van der Waals surface area (Å²) in [6, 6.07) is 7.20. The highest BCUT2D eigenvalue weighted by molar-refractivity contribution is 5.93. The zero-order chi connectivity index (χ0) is 23.9. The smallest absolute Gasteiger partial charge is 0.326 e. The molecule has 1 saturated heterocycles. The van der Waals surface area contributed by atoms with Gasteiger partial charge in [-0.2, -0.15) is 0 Å². The second kappa shape index (κ2) is 11.0. The Morgan fingerprint density at radius 3 is 2.41 bits per heavy atom. The van der Waals surface area contributed by atoms with E-state index in [1.807, 2.05) is 51.1 Å². The summed E-state index contributed by atoms with van der Waals surface area (Å²) in [7, 11) is 1.54. The summed E-state index contributed by atoms with van der Waals surface area (Å²) in [5.41, 5.74) is 0.243. The van der Waals surface area contributed by atoms with Gasteiger partial charge in [0.2, 0.25) is 11.8 Å². The van der Waals surface area contributed by atoms with E-state index in [0.717, 1.165) is 12.0 Å². The van der Waals surface area contributed by atoms with Gasteiger partial charge >= 0.3 is 12.0 Å². The summed E-state index contributed by atoms with van der Waals surface area (Å²) in [5, 5.41) is 7.71. The average molecular weight is 447 g/mol. The van der Waals surface area contributed by atoms with Crippen LogP contribution in [0.4, 0.5) is 4.79 Å². The third kappa shape index (κ3) is 6.70. The molecule has 0 saturated carbocycles. The average Bonchev–Trinajstić information content (AvgIpc) is 3.25. The Morgan fingerprint density at radius 1 is 1.16 bits per heavy atom. The van der Waals surface area contributed by atoms with Crippen LogP contribution < -0.4 is 16.0 Å². The van der Waals surface area contributed by atoms with Crippen molar-refractivity contribution in [1.29, 1.82) is 0 Å². The number of nitrogens with one attached hydrogen (secondary N) is 3. The third-order valence-electron chi connectivity index (χ3n) is 5.44. The van der Waals surface area contributed by atoms with Crippen molar-refractivity contribution in [2.45, 2.75) is 58.7 Å². The summed E-state index contributed by atoms with van der Waals surface area (Å²) < 4.78 is 5.34. The molecular formula is C23H34N4O5. The third-order valence-corrected chi connectivity index (χ3v) is 5.44. The van der Waals surface area contributed by atoms with Crippen molar-refractivity contribution in [1.82, 2.24) is 20.9 Å². The molecule has 1 fully saturated rings. The van der Waals surface area contributed by atoms with Crippen molar-refractivity contribution in [2.24, 2.45) is 5.41 Å². The number of hydrogen-bond donors (Lipinski definition) is 3. The number of carbonyl (C=O) groups is 4. The van der Waals surface area contributed by atoms with E-state index in [1.54, 1.807) is 6.92 Å². The maximum Gasteiger partial charge on any atom is 0.326 e. The molecule has 1 aromatic carbocycles. The van der Waals surface area contributed by atoms with Crippen molar-refractivity contribution < 1.29 is 23.9 Å². The van der Waals surface area contributed by atoms with Gasteiger partial charge in [-0.05, 0) is 30.7 Å². The number of carbonyl (C=O) groups excluding carboxylic acids is 4. The van der Waals surface area contributed by atoms with Gasteiger partial charge in [-0.15, -0.1) is 0 Å². The first-order valence-electron chi connectivity index (χ1n) is 10.9. The lowest BCUT2D eigenvalue weighted by molar-refractivity contribution is -0.147. The summed E-state index contributed by atoms with van der Waals surface area (Å²) in [6.07, 6.45) is 0.854. The van der Waals surface area contributed by atoms with E-state index in [-0.39, 0.29) is 18.4 Å².